The van der Waals surface area contributed by atoms with Crippen molar-refractivity contribution < 1.29 is 0 Å². The Labute approximate surface area is 113 Å². The summed E-state index contributed by atoms with van der Waals surface area (Å²) >= 11 is 0. The third-order valence-corrected chi connectivity index (χ3v) is 6.11. The summed E-state index contributed by atoms with van der Waals surface area (Å²) in [6, 6.07) is 0.870. The van der Waals surface area contributed by atoms with Gasteiger partial charge in [0.25, 0.3) is 0 Å². The molecule has 0 amide bonds. The summed E-state index contributed by atoms with van der Waals surface area (Å²) in [5.74, 6) is 2.85. The maximum absolute atomic E-state index is 3.81. The highest BCUT2D eigenvalue weighted by Gasteiger charge is 2.46. The molecular formula is C16H30N2. The second kappa shape index (κ2) is 4.79. The Bertz CT molecular complexity index is 299. The fourth-order valence-corrected chi connectivity index (χ4v) is 4.63. The molecule has 0 aromatic rings. The molecule has 2 heteroatoms. The molecule has 3 rings (SSSR count). The van der Waals surface area contributed by atoms with Gasteiger partial charge >= 0.3 is 0 Å². The second-order valence-electron chi connectivity index (χ2n) is 7.26. The van der Waals surface area contributed by atoms with Gasteiger partial charge in [0.05, 0.1) is 0 Å². The Hall–Kier alpha value is -0.0800. The van der Waals surface area contributed by atoms with Crippen LogP contribution < -0.4 is 5.32 Å². The zero-order valence-electron chi connectivity index (χ0n) is 12.4. The Kier molecular flexibility index (Phi) is 3.44. The lowest BCUT2D eigenvalue weighted by molar-refractivity contribution is 0.0692. The molecule has 4 atom stereocenters. The highest BCUT2D eigenvalue weighted by Crippen LogP contribution is 2.43. The molecule has 1 aliphatic heterocycles. The monoisotopic (exact) mass is 250 g/mol. The first-order valence-electron chi connectivity index (χ1n) is 8.13. The molecule has 2 nitrogen and oxygen atoms in total. The normalized spacial score (nSPS) is 46.5. The third-order valence-electron chi connectivity index (χ3n) is 6.11. The summed E-state index contributed by atoms with van der Waals surface area (Å²) in [5.41, 5.74) is 0.419. The molecule has 0 aromatic carbocycles. The van der Waals surface area contributed by atoms with Gasteiger partial charge in [-0.15, -0.1) is 0 Å². The maximum Gasteiger partial charge on any atom is 0.0309 e. The van der Waals surface area contributed by atoms with E-state index in [0.29, 0.717) is 5.54 Å². The van der Waals surface area contributed by atoms with E-state index in [0.717, 1.165) is 23.8 Å². The summed E-state index contributed by atoms with van der Waals surface area (Å²) in [4.78, 5) is 2.83. The summed E-state index contributed by atoms with van der Waals surface area (Å²) in [6.45, 7) is 11.1. The molecule has 0 aromatic heterocycles. The lowest BCUT2D eigenvalue weighted by Crippen LogP contribution is -2.62. The average molecular weight is 250 g/mol. The van der Waals surface area contributed by atoms with Gasteiger partial charge < -0.3 is 5.32 Å². The minimum atomic E-state index is 0.419. The number of hydrogen-bond donors (Lipinski definition) is 1. The molecule has 2 aliphatic carbocycles. The molecule has 0 bridgehead atoms. The fraction of sp³-hybridized carbons (Fsp3) is 1.00. The summed E-state index contributed by atoms with van der Waals surface area (Å²) < 4.78 is 0. The van der Waals surface area contributed by atoms with Crippen molar-refractivity contribution in [1.82, 2.24) is 10.2 Å². The number of rotatable bonds is 3. The predicted octanol–water partition coefficient (Wildman–Crippen LogP) is 2.89. The Morgan fingerprint density at radius 2 is 2.00 bits per heavy atom. The van der Waals surface area contributed by atoms with Crippen molar-refractivity contribution in [3.8, 4) is 0 Å². The largest absolute Gasteiger partial charge is 0.309 e. The molecule has 1 heterocycles. The van der Waals surface area contributed by atoms with Crippen molar-refractivity contribution in [2.24, 2.45) is 17.8 Å². The molecule has 1 saturated heterocycles. The van der Waals surface area contributed by atoms with Gasteiger partial charge in [0.1, 0.15) is 0 Å². The van der Waals surface area contributed by atoms with E-state index in [1.165, 1.54) is 51.7 Å². The van der Waals surface area contributed by atoms with E-state index in [-0.39, 0.29) is 0 Å². The fourth-order valence-electron chi connectivity index (χ4n) is 4.63. The summed E-state index contributed by atoms with van der Waals surface area (Å²) in [7, 11) is 0. The van der Waals surface area contributed by atoms with Crippen LogP contribution in [0.2, 0.25) is 0 Å². The standard InChI is InChI=1S/C16H30N2/c1-4-13-5-8-15(12(13)2)18-10-9-17-16(3,11-18)14-6-7-14/h12-15,17H,4-11H2,1-3H3. The van der Waals surface area contributed by atoms with Crippen molar-refractivity contribution in [3.63, 3.8) is 0 Å². The predicted molar refractivity (Wildman–Crippen MR) is 76.7 cm³/mol. The number of piperazine rings is 1. The van der Waals surface area contributed by atoms with Crippen LogP contribution in [-0.2, 0) is 0 Å². The van der Waals surface area contributed by atoms with Gasteiger partial charge in [-0.1, -0.05) is 20.3 Å². The van der Waals surface area contributed by atoms with Crippen LogP contribution in [0.1, 0.15) is 52.9 Å². The van der Waals surface area contributed by atoms with E-state index in [1.807, 2.05) is 0 Å². The van der Waals surface area contributed by atoms with E-state index in [4.69, 9.17) is 0 Å². The van der Waals surface area contributed by atoms with Crippen molar-refractivity contribution in [1.29, 1.82) is 0 Å². The van der Waals surface area contributed by atoms with Gasteiger partial charge in [-0.25, -0.2) is 0 Å². The topological polar surface area (TPSA) is 15.3 Å². The first kappa shape index (κ1) is 12.9. The van der Waals surface area contributed by atoms with Gasteiger partial charge in [0.2, 0.25) is 0 Å². The average Bonchev–Trinajstić information content (AvgIpc) is 3.14. The first-order chi connectivity index (χ1) is 8.64. The molecule has 18 heavy (non-hydrogen) atoms. The van der Waals surface area contributed by atoms with Gasteiger partial charge in [-0.05, 0) is 50.4 Å². The van der Waals surface area contributed by atoms with Crippen molar-refractivity contribution in [3.05, 3.63) is 0 Å². The van der Waals surface area contributed by atoms with Gasteiger partial charge in [-0.3, -0.25) is 4.90 Å². The van der Waals surface area contributed by atoms with Crippen LogP contribution in [0.15, 0.2) is 0 Å². The molecule has 0 spiro atoms. The van der Waals surface area contributed by atoms with Crippen LogP contribution >= 0.6 is 0 Å². The first-order valence-corrected chi connectivity index (χ1v) is 8.13. The maximum atomic E-state index is 3.81. The molecule has 0 radical (unpaired) electrons. The van der Waals surface area contributed by atoms with Crippen LogP contribution in [0, 0.1) is 17.8 Å². The van der Waals surface area contributed by atoms with Crippen LogP contribution in [0.3, 0.4) is 0 Å². The molecular weight excluding hydrogens is 220 g/mol. The van der Waals surface area contributed by atoms with E-state index in [9.17, 15) is 0 Å². The van der Waals surface area contributed by atoms with E-state index in [2.05, 4.69) is 31.0 Å². The quantitative estimate of drug-likeness (QED) is 0.828. The summed E-state index contributed by atoms with van der Waals surface area (Å²) in [5, 5.41) is 3.81. The molecule has 1 N–H and O–H groups in total. The van der Waals surface area contributed by atoms with E-state index in [1.54, 1.807) is 0 Å². The Balaban J connectivity index is 1.65. The third kappa shape index (κ3) is 2.22. The second-order valence-corrected chi connectivity index (χ2v) is 7.26. The molecule has 3 fully saturated rings. The van der Waals surface area contributed by atoms with Gasteiger partial charge in [0.15, 0.2) is 0 Å². The minimum absolute atomic E-state index is 0.419. The zero-order chi connectivity index (χ0) is 12.8. The van der Waals surface area contributed by atoms with E-state index >= 15 is 0 Å². The SMILES string of the molecule is CCC1CCC(N2CCNC(C)(C3CC3)C2)C1C. The highest BCUT2D eigenvalue weighted by atomic mass is 15.3. The smallest absolute Gasteiger partial charge is 0.0309 e. The number of hydrogen-bond acceptors (Lipinski definition) is 2. The van der Waals surface area contributed by atoms with Gasteiger partial charge in [-0.2, -0.15) is 0 Å². The Morgan fingerprint density at radius 1 is 1.22 bits per heavy atom. The Morgan fingerprint density at radius 3 is 2.61 bits per heavy atom. The minimum Gasteiger partial charge on any atom is -0.309 e. The lowest BCUT2D eigenvalue weighted by Gasteiger charge is -2.45. The van der Waals surface area contributed by atoms with Gasteiger partial charge in [0, 0.05) is 31.2 Å². The lowest BCUT2D eigenvalue weighted by atomic mass is 9.89. The molecule has 3 aliphatic rings. The molecule has 2 saturated carbocycles. The van der Waals surface area contributed by atoms with Crippen molar-refractivity contribution in [2.75, 3.05) is 19.6 Å². The van der Waals surface area contributed by atoms with Crippen molar-refractivity contribution >= 4 is 0 Å². The van der Waals surface area contributed by atoms with Crippen LogP contribution in [-0.4, -0.2) is 36.1 Å². The molecule has 4 unspecified atom stereocenters. The van der Waals surface area contributed by atoms with Crippen LogP contribution in [0.5, 0.6) is 0 Å². The van der Waals surface area contributed by atoms with E-state index < -0.39 is 0 Å². The summed E-state index contributed by atoms with van der Waals surface area (Å²) in [6.07, 6.45) is 7.20. The number of nitrogens with one attached hydrogen (secondary N) is 1. The molecule has 104 valence electrons. The van der Waals surface area contributed by atoms with Crippen LogP contribution in [0.25, 0.3) is 0 Å². The highest BCUT2D eigenvalue weighted by molar-refractivity contribution is 5.04. The van der Waals surface area contributed by atoms with Crippen LogP contribution in [0.4, 0.5) is 0 Å². The van der Waals surface area contributed by atoms with Crippen molar-refractivity contribution in [2.45, 2.75) is 64.5 Å². The zero-order valence-corrected chi connectivity index (χ0v) is 12.4. The number of nitrogens with zero attached hydrogens (tertiary/aromatic N) is 1.